The van der Waals surface area contributed by atoms with E-state index in [0.29, 0.717) is 12.3 Å². The molecule has 6 heteroatoms. The van der Waals surface area contributed by atoms with Gasteiger partial charge in [-0.1, -0.05) is 6.07 Å². The Hall–Kier alpha value is -2.47. The van der Waals surface area contributed by atoms with Crippen LogP contribution in [0.15, 0.2) is 36.7 Å². The quantitative estimate of drug-likeness (QED) is 0.669. The number of ether oxygens (including phenoxy) is 1. The first-order valence-electron chi connectivity index (χ1n) is 6.11. The molecule has 2 aromatic rings. The zero-order chi connectivity index (χ0) is 14.5. The van der Waals surface area contributed by atoms with E-state index in [0.717, 1.165) is 11.1 Å². The normalized spacial score (nSPS) is 10.3. The first kappa shape index (κ1) is 14.0. The number of nitrogens with zero attached hydrogens (tertiary/aromatic N) is 2. The molecule has 0 saturated heterocycles. The lowest BCUT2D eigenvalue weighted by Gasteiger charge is -2.08. The molecule has 0 amide bonds. The van der Waals surface area contributed by atoms with E-state index in [1.807, 2.05) is 7.05 Å². The number of aryl methyl sites for hydroxylation is 1. The molecule has 0 fully saturated rings. The molecule has 1 aromatic carbocycles. The molecule has 0 bridgehead atoms. The molecule has 104 valence electrons. The lowest BCUT2D eigenvalue weighted by Crippen LogP contribution is -2.05. The number of aromatic nitrogens is 1. The van der Waals surface area contributed by atoms with Crippen LogP contribution in [0.4, 0.5) is 5.69 Å². The maximum atomic E-state index is 11.0. The van der Waals surface area contributed by atoms with Crippen molar-refractivity contribution in [1.29, 1.82) is 0 Å². The lowest BCUT2D eigenvalue weighted by molar-refractivity contribution is -0.385. The van der Waals surface area contributed by atoms with Crippen LogP contribution in [-0.4, -0.2) is 17.0 Å². The molecule has 1 N–H and O–H groups in total. The fourth-order valence-corrected chi connectivity index (χ4v) is 1.80. The second kappa shape index (κ2) is 6.12. The van der Waals surface area contributed by atoms with E-state index >= 15 is 0 Å². The van der Waals surface area contributed by atoms with Gasteiger partial charge in [0.1, 0.15) is 5.75 Å². The van der Waals surface area contributed by atoms with Gasteiger partial charge in [-0.2, -0.15) is 0 Å². The maximum Gasteiger partial charge on any atom is 0.311 e. The summed E-state index contributed by atoms with van der Waals surface area (Å²) >= 11 is 0. The fraction of sp³-hybridized carbons (Fsp3) is 0.214. The van der Waals surface area contributed by atoms with E-state index < -0.39 is 4.92 Å². The average Bonchev–Trinajstić information content (AvgIpc) is 2.41. The molecule has 0 radical (unpaired) electrons. The largest absolute Gasteiger partial charge is 0.448 e. The number of hydrogen-bond donors (Lipinski definition) is 1. The second-order valence-corrected chi connectivity index (χ2v) is 4.39. The molecule has 0 aliphatic carbocycles. The van der Waals surface area contributed by atoms with Gasteiger partial charge >= 0.3 is 5.69 Å². The van der Waals surface area contributed by atoms with Crippen molar-refractivity contribution in [3.8, 4) is 11.5 Å². The van der Waals surface area contributed by atoms with Gasteiger partial charge in [0.05, 0.1) is 11.1 Å². The van der Waals surface area contributed by atoms with Crippen LogP contribution in [0.3, 0.4) is 0 Å². The van der Waals surface area contributed by atoms with Gasteiger partial charge in [-0.25, -0.2) is 0 Å². The van der Waals surface area contributed by atoms with E-state index in [9.17, 15) is 10.1 Å². The zero-order valence-electron chi connectivity index (χ0n) is 11.3. The number of nitrogens with one attached hydrogen (secondary N) is 1. The summed E-state index contributed by atoms with van der Waals surface area (Å²) in [5, 5.41) is 14.0. The van der Waals surface area contributed by atoms with Crippen molar-refractivity contribution in [2.45, 2.75) is 13.5 Å². The highest BCUT2D eigenvalue weighted by Gasteiger charge is 2.16. The van der Waals surface area contributed by atoms with Crippen molar-refractivity contribution in [3.63, 3.8) is 0 Å². The van der Waals surface area contributed by atoms with Crippen molar-refractivity contribution in [2.24, 2.45) is 0 Å². The summed E-state index contributed by atoms with van der Waals surface area (Å²) in [6.07, 6.45) is 3.25. The van der Waals surface area contributed by atoms with Gasteiger partial charge in [0.15, 0.2) is 0 Å². The minimum Gasteiger partial charge on any atom is -0.448 e. The predicted octanol–water partition coefficient (Wildman–Crippen LogP) is 2.81. The van der Waals surface area contributed by atoms with Gasteiger partial charge in [0.25, 0.3) is 0 Å². The Kier molecular flexibility index (Phi) is 4.27. The minimum absolute atomic E-state index is 0.0518. The molecular weight excluding hydrogens is 258 g/mol. The van der Waals surface area contributed by atoms with Gasteiger partial charge in [-0.15, -0.1) is 0 Å². The summed E-state index contributed by atoms with van der Waals surface area (Å²) in [6.45, 7) is 2.45. The molecule has 20 heavy (non-hydrogen) atoms. The van der Waals surface area contributed by atoms with Gasteiger partial charge in [0, 0.05) is 18.8 Å². The maximum absolute atomic E-state index is 11.0. The van der Waals surface area contributed by atoms with Gasteiger partial charge < -0.3 is 10.1 Å². The topological polar surface area (TPSA) is 77.3 Å². The first-order valence-corrected chi connectivity index (χ1v) is 6.11. The summed E-state index contributed by atoms with van der Waals surface area (Å²) in [7, 11) is 1.83. The van der Waals surface area contributed by atoms with Crippen LogP contribution in [0.1, 0.15) is 11.1 Å². The van der Waals surface area contributed by atoms with E-state index in [4.69, 9.17) is 4.74 Å². The molecule has 0 aliphatic rings. The van der Waals surface area contributed by atoms with Crippen LogP contribution in [0.25, 0.3) is 0 Å². The van der Waals surface area contributed by atoms with Crippen LogP contribution >= 0.6 is 0 Å². The average molecular weight is 273 g/mol. The molecule has 6 nitrogen and oxygen atoms in total. The fourth-order valence-electron chi connectivity index (χ4n) is 1.80. The standard InChI is InChI=1S/C14H15N3O3/c1-10-3-4-14(13(5-10)17(18)19)20-12-6-11(7-15-2)8-16-9-12/h3-6,8-9,15H,7H2,1-2H3. The Labute approximate surface area is 116 Å². The molecule has 0 saturated carbocycles. The molecule has 2 rings (SSSR count). The van der Waals surface area contributed by atoms with Crippen molar-refractivity contribution in [3.05, 3.63) is 57.9 Å². The summed E-state index contributed by atoms with van der Waals surface area (Å²) in [4.78, 5) is 14.6. The van der Waals surface area contributed by atoms with Gasteiger partial charge in [-0.3, -0.25) is 15.1 Å². The molecular formula is C14H15N3O3. The Morgan fingerprint density at radius 1 is 1.35 bits per heavy atom. The van der Waals surface area contributed by atoms with Crippen molar-refractivity contribution in [1.82, 2.24) is 10.3 Å². The summed E-state index contributed by atoms with van der Waals surface area (Å²) in [6, 6.07) is 6.65. The molecule has 0 aliphatic heterocycles. The van der Waals surface area contributed by atoms with Crippen LogP contribution in [0, 0.1) is 17.0 Å². The smallest absolute Gasteiger partial charge is 0.311 e. The molecule has 0 atom stereocenters. The Morgan fingerprint density at radius 3 is 2.85 bits per heavy atom. The number of hydrogen-bond acceptors (Lipinski definition) is 5. The zero-order valence-corrected chi connectivity index (χ0v) is 11.3. The third kappa shape index (κ3) is 3.30. The van der Waals surface area contributed by atoms with Crippen molar-refractivity contribution < 1.29 is 9.66 Å². The molecule has 1 aromatic heterocycles. The summed E-state index contributed by atoms with van der Waals surface area (Å²) in [5.41, 5.74) is 1.70. The van der Waals surface area contributed by atoms with Crippen LogP contribution < -0.4 is 10.1 Å². The predicted molar refractivity (Wildman–Crippen MR) is 74.9 cm³/mol. The van der Waals surface area contributed by atoms with Crippen molar-refractivity contribution >= 4 is 5.69 Å². The Bertz CT molecular complexity index is 629. The third-order valence-corrected chi connectivity index (χ3v) is 2.69. The number of benzene rings is 1. The Balaban J connectivity index is 2.30. The number of nitro benzene ring substituents is 1. The number of rotatable bonds is 5. The first-order chi connectivity index (χ1) is 9.60. The number of nitro groups is 1. The van der Waals surface area contributed by atoms with Crippen LogP contribution in [-0.2, 0) is 6.54 Å². The van der Waals surface area contributed by atoms with Gasteiger partial charge in [-0.05, 0) is 37.2 Å². The van der Waals surface area contributed by atoms with E-state index in [1.165, 1.54) is 12.3 Å². The van der Waals surface area contributed by atoms with Crippen LogP contribution in [0.2, 0.25) is 0 Å². The Morgan fingerprint density at radius 2 is 2.15 bits per heavy atom. The van der Waals surface area contributed by atoms with E-state index in [1.54, 1.807) is 31.3 Å². The van der Waals surface area contributed by atoms with E-state index in [-0.39, 0.29) is 11.4 Å². The third-order valence-electron chi connectivity index (χ3n) is 2.69. The molecule has 0 spiro atoms. The second-order valence-electron chi connectivity index (χ2n) is 4.39. The lowest BCUT2D eigenvalue weighted by atomic mass is 10.2. The SMILES string of the molecule is CNCc1cncc(Oc2ccc(C)cc2[N+](=O)[O-])c1. The van der Waals surface area contributed by atoms with Crippen molar-refractivity contribution in [2.75, 3.05) is 7.05 Å². The highest BCUT2D eigenvalue weighted by molar-refractivity contribution is 5.50. The monoisotopic (exact) mass is 273 g/mol. The minimum atomic E-state index is -0.451. The van der Waals surface area contributed by atoms with Gasteiger partial charge in [0.2, 0.25) is 5.75 Å². The molecule has 0 unspecified atom stereocenters. The van der Waals surface area contributed by atoms with E-state index in [2.05, 4.69) is 10.3 Å². The van der Waals surface area contributed by atoms with Crippen LogP contribution in [0.5, 0.6) is 11.5 Å². The molecule has 1 heterocycles. The highest BCUT2D eigenvalue weighted by atomic mass is 16.6. The number of pyridine rings is 1. The summed E-state index contributed by atoms with van der Waals surface area (Å²) < 4.78 is 5.58. The highest BCUT2D eigenvalue weighted by Crippen LogP contribution is 2.31. The summed E-state index contributed by atoms with van der Waals surface area (Å²) in [5.74, 6) is 0.689.